The van der Waals surface area contributed by atoms with E-state index in [4.69, 9.17) is 4.74 Å². The summed E-state index contributed by atoms with van der Waals surface area (Å²) in [5.41, 5.74) is 19.8. The number of pyridine rings is 3. The SMILES string of the molecule is COc1ccnc(-c2ccc(-c3ccccc3-c3cc(-c4ccccc4-c4ccc(-c5ccccn5)cc4)cc(-c4ccccc4-c4ccc(-c5ccccn5)cc4)c3)cc2)c1. The smallest absolute Gasteiger partial charge is 0.122 e. The van der Waals surface area contributed by atoms with Gasteiger partial charge in [0, 0.05) is 41.3 Å². The van der Waals surface area contributed by atoms with Gasteiger partial charge < -0.3 is 4.74 Å². The Labute approximate surface area is 362 Å². The van der Waals surface area contributed by atoms with Crippen LogP contribution in [-0.4, -0.2) is 22.1 Å². The van der Waals surface area contributed by atoms with Gasteiger partial charge in [-0.1, -0.05) is 158 Å². The van der Waals surface area contributed by atoms with Crippen LogP contribution in [0.1, 0.15) is 0 Å². The van der Waals surface area contributed by atoms with Crippen LogP contribution in [0.2, 0.25) is 0 Å². The van der Waals surface area contributed by atoms with Crippen LogP contribution >= 0.6 is 0 Å². The number of hydrogen-bond donors (Lipinski definition) is 0. The molecule has 0 atom stereocenters. The number of rotatable bonds is 10. The van der Waals surface area contributed by atoms with E-state index in [0.717, 1.165) is 106 Å². The predicted molar refractivity (Wildman–Crippen MR) is 255 cm³/mol. The van der Waals surface area contributed by atoms with Crippen molar-refractivity contribution in [1.29, 1.82) is 0 Å². The lowest BCUT2D eigenvalue weighted by atomic mass is 9.86. The number of hydrogen-bond acceptors (Lipinski definition) is 4. The average molecular weight is 796 g/mol. The standard InChI is InChI=1S/C58H41N3O/c1-62-49-32-35-61-58(39-49)45-30-24-42(25-31-45)52-14-4-7-17-55(52)48-37-46(53-15-5-2-12-50(53)40-20-26-43(27-21-40)56-18-8-10-33-59-56)36-47(38-48)54-16-6-3-13-51(54)41-22-28-44(29-23-41)57-19-9-11-34-60-57/h2-39H,1H3. The molecule has 0 saturated carbocycles. The van der Waals surface area contributed by atoms with Gasteiger partial charge in [-0.2, -0.15) is 0 Å². The molecule has 7 aromatic carbocycles. The van der Waals surface area contributed by atoms with E-state index in [1.54, 1.807) is 13.3 Å². The quantitative estimate of drug-likeness (QED) is 0.138. The van der Waals surface area contributed by atoms with Gasteiger partial charge in [-0.3, -0.25) is 15.0 Å². The highest BCUT2D eigenvalue weighted by Crippen LogP contribution is 2.43. The second-order valence-corrected chi connectivity index (χ2v) is 15.2. The van der Waals surface area contributed by atoms with Crippen molar-refractivity contribution < 1.29 is 4.74 Å². The summed E-state index contributed by atoms with van der Waals surface area (Å²) in [5.74, 6) is 0.784. The number of ether oxygens (including phenoxy) is 1. The van der Waals surface area contributed by atoms with Gasteiger partial charge in [-0.15, -0.1) is 0 Å². The number of benzene rings is 7. The van der Waals surface area contributed by atoms with Gasteiger partial charge in [0.05, 0.1) is 24.2 Å². The lowest BCUT2D eigenvalue weighted by molar-refractivity contribution is 0.414. The summed E-state index contributed by atoms with van der Waals surface area (Å²) in [4.78, 5) is 13.8. The first-order valence-corrected chi connectivity index (χ1v) is 20.8. The topological polar surface area (TPSA) is 47.9 Å². The minimum absolute atomic E-state index is 0.784. The molecule has 0 spiro atoms. The summed E-state index contributed by atoms with van der Waals surface area (Å²) in [6, 6.07) is 75.2. The van der Waals surface area contributed by atoms with Gasteiger partial charge in [0.1, 0.15) is 5.75 Å². The number of aromatic nitrogens is 3. The molecule has 0 unspecified atom stereocenters. The third kappa shape index (κ3) is 7.81. The van der Waals surface area contributed by atoms with Crippen LogP contribution in [0.5, 0.6) is 5.75 Å². The van der Waals surface area contributed by atoms with E-state index in [1.165, 1.54) is 0 Å². The van der Waals surface area contributed by atoms with E-state index in [-0.39, 0.29) is 0 Å². The second-order valence-electron chi connectivity index (χ2n) is 15.2. The van der Waals surface area contributed by atoms with Gasteiger partial charge in [-0.25, -0.2) is 0 Å². The summed E-state index contributed by atoms with van der Waals surface area (Å²) < 4.78 is 5.48. The molecule has 10 aromatic rings. The van der Waals surface area contributed by atoms with Gasteiger partial charge in [0.25, 0.3) is 0 Å². The van der Waals surface area contributed by atoms with E-state index >= 15 is 0 Å². The van der Waals surface area contributed by atoms with Crippen LogP contribution in [0, 0.1) is 0 Å². The van der Waals surface area contributed by atoms with Gasteiger partial charge in [0.15, 0.2) is 0 Å². The Morgan fingerprint density at radius 2 is 0.565 bits per heavy atom. The Balaban J connectivity index is 1.11. The molecule has 0 aliphatic heterocycles. The van der Waals surface area contributed by atoms with Gasteiger partial charge >= 0.3 is 0 Å². The monoisotopic (exact) mass is 795 g/mol. The van der Waals surface area contributed by atoms with E-state index in [1.807, 2.05) is 60.9 Å². The first-order chi connectivity index (χ1) is 30.7. The van der Waals surface area contributed by atoms with Crippen molar-refractivity contribution in [2.75, 3.05) is 7.11 Å². The number of nitrogens with zero attached hydrogens (tertiary/aromatic N) is 3. The lowest BCUT2D eigenvalue weighted by Gasteiger charge is -2.18. The molecular formula is C58H41N3O. The van der Waals surface area contributed by atoms with E-state index < -0.39 is 0 Å². The van der Waals surface area contributed by atoms with Crippen molar-refractivity contribution >= 4 is 0 Å². The predicted octanol–water partition coefficient (Wildman–Crippen LogP) is 14.9. The summed E-state index contributed by atoms with van der Waals surface area (Å²) in [5, 5.41) is 0. The molecule has 0 amide bonds. The van der Waals surface area contributed by atoms with Gasteiger partial charge in [0.2, 0.25) is 0 Å². The van der Waals surface area contributed by atoms with Crippen LogP contribution < -0.4 is 4.74 Å². The summed E-state index contributed by atoms with van der Waals surface area (Å²) in [6.45, 7) is 0. The molecule has 294 valence electrons. The second kappa shape index (κ2) is 17.2. The highest BCUT2D eigenvalue weighted by atomic mass is 16.5. The molecule has 0 bridgehead atoms. The fourth-order valence-corrected chi connectivity index (χ4v) is 8.28. The maximum atomic E-state index is 5.48. The summed E-state index contributed by atoms with van der Waals surface area (Å²) in [7, 11) is 1.68. The Morgan fingerprint density at radius 3 is 0.903 bits per heavy atom. The first-order valence-electron chi connectivity index (χ1n) is 20.8. The molecule has 0 saturated heterocycles. The molecule has 4 nitrogen and oxygen atoms in total. The fraction of sp³-hybridized carbons (Fsp3) is 0.0172. The van der Waals surface area contributed by atoms with E-state index in [9.17, 15) is 0 Å². The van der Waals surface area contributed by atoms with Gasteiger partial charge in [-0.05, 0) is 115 Å². The average Bonchev–Trinajstić information content (AvgIpc) is 3.37. The molecule has 0 radical (unpaired) electrons. The minimum Gasteiger partial charge on any atom is -0.497 e. The summed E-state index contributed by atoms with van der Waals surface area (Å²) in [6.07, 6.45) is 5.46. The Hall–Kier alpha value is -8.21. The Bertz CT molecular complexity index is 2980. The van der Waals surface area contributed by atoms with Crippen molar-refractivity contribution in [1.82, 2.24) is 15.0 Å². The Kier molecular flexibility index (Phi) is 10.5. The third-order valence-corrected chi connectivity index (χ3v) is 11.4. The van der Waals surface area contributed by atoms with Crippen LogP contribution in [-0.2, 0) is 0 Å². The number of methoxy groups -OCH3 is 1. The molecule has 0 aliphatic rings. The first kappa shape index (κ1) is 38.0. The highest BCUT2D eigenvalue weighted by Gasteiger charge is 2.17. The van der Waals surface area contributed by atoms with Crippen LogP contribution in [0.4, 0.5) is 0 Å². The molecule has 3 aromatic heterocycles. The molecule has 0 fully saturated rings. The van der Waals surface area contributed by atoms with Crippen molar-refractivity contribution in [3.8, 4) is 106 Å². The Morgan fingerprint density at radius 1 is 0.258 bits per heavy atom. The fourth-order valence-electron chi connectivity index (χ4n) is 8.28. The zero-order valence-corrected chi connectivity index (χ0v) is 34.2. The summed E-state index contributed by atoms with van der Waals surface area (Å²) >= 11 is 0. The molecule has 0 aliphatic carbocycles. The molecule has 3 heterocycles. The van der Waals surface area contributed by atoms with E-state index in [2.05, 4.69) is 179 Å². The molecule has 4 heteroatoms. The zero-order valence-electron chi connectivity index (χ0n) is 34.2. The highest BCUT2D eigenvalue weighted by molar-refractivity contribution is 5.94. The lowest BCUT2D eigenvalue weighted by Crippen LogP contribution is -1.92. The largest absolute Gasteiger partial charge is 0.497 e. The van der Waals surface area contributed by atoms with Crippen molar-refractivity contribution in [2.45, 2.75) is 0 Å². The molecule has 62 heavy (non-hydrogen) atoms. The normalized spacial score (nSPS) is 11.0. The van der Waals surface area contributed by atoms with Crippen molar-refractivity contribution in [3.05, 3.63) is 231 Å². The minimum atomic E-state index is 0.784. The third-order valence-electron chi connectivity index (χ3n) is 11.4. The molecular weight excluding hydrogens is 755 g/mol. The van der Waals surface area contributed by atoms with Crippen molar-refractivity contribution in [3.63, 3.8) is 0 Å². The molecule has 0 N–H and O–H groups in total. The maximum Gasteiger partial charge on any atom is 0.122 e. The zero-order chi connectivity index (χ0) is 41.7. The maximum absolute atomic E-state index is 5.48. The van der Waals surface area contributed by atoms with Crippen LogP contribution in [0.25, 0.3) is 101 Å². The van der Waals surface area contributed by atoms with E-state index in [0.29, 0.717) is 0 Å². The van der Waals surface area contributed by atoms with Crippen LogP contribution in [0.3, 0.4) is 0 Å². The van der Waals surface area contributed by atoms with Crippen LogP contribution in [0.15, 0.2) is 231 Å². The molecule has 10 rings (SSSR count). The van der Waals surface area contributed by atoms with Crippen molar-refractivity contribution in [2.24, 2.45) is 0 Å².